The van der Waals surface area contributed by atoms with E-state index in [2.05, 4.69) is 16.5 Å². The van der Waals surface area contributed by atoms with E-state index in [4.69, 9.17) is 0 Å². The Morgan fingerprint density at radius 3 is 2.68 bits per heavy atom. The molecule has 0 aliphatic rings. The van der Waals surface area contributed by atoms with E-state index in [0.717, 1.165) is 11.3 Å². The SMILES string of the molecule is CC(NCc1ccccc1-n1cccn1)C(C)(C)O. The van der Waals surface area contributed by atoms with Crippen molar-refractivity contribution in [2.75, 3.05) is 0 Å². The minimum Gasteiger partial charge on any atom is -0.389 e. The molecule has 0 saturated carbocycles. The smallest absolute Gasteiger partial charge is 0.0741 e. The maximum atomic E-state index is 9.94. The minimum atomic E-state index is -0.735. The molecular weight excluding hydrogens is 238 g/mol. The summed E-state index contributed by atoms with van der Waals surface area (Å²) >= 11 is 0. The van der Waals surface area contributed by atoms with Crippen molar-refractivity contribution in [1.82, 2.24) is 15.1 Å². The Hall–Kier alpha value is -1.65. The fourth-order valence-electron chi connectivity index (χ4n) is 1.81. The highest BCUT2D eigenvalue weighted by molar-refractivity contribution is 5.40. The van der Waals surface area contributed by atoms with E-state index in [0.29, 0.717) is 6.54 Å². The maximum Gasteiger partial charge on any atom is 0.0741 e. The van der Waals surface area contributed by atoms with Gasteiger partial charge in [-0.25, -0.2) is 4.68 Å². The molecule has 2 N–H and O–H groups in total. The summed E-state index contributed by atoms with van der Waals surface area (Å²) in [6, 6.07) is 10.0. The summed E-state index contributed by atoms with van der Waals surface area (Å²) in [5, 5.41) is 17.5. The average Bonchev–Trinajstić information content (AvgIpc) is 2.88. The molecule has 1 atom stereocenters. The van der Waals surface area contributed by atoms with E-state index in [9.17, 15) is 5.11 Å². The van der Waals surface area contributed by atoms with E-state index in [-0.39, 0.29) is 6.04 Å². The molecule has 0 amide bonds. The molecule has 0 aliphatic carbocycles. The van der Waals surface area contributed by atoms with Crippen molar-refractivity contribution < 1.29 is 5.11 Å². The molecule has 1 unspecified atom stereocenters. The Labute approximate surface area is 114 Å². The molecule has 0 fully saturated rings. The molecule has 0 bridgehead atoms. The van der Waals surface area contributed by atoms with Gasteiger partial charge >= 0.3 is 0 Å². The second kappa shape index (κ2) is 5.55. The third kappa shape index (κ3) is 3.43. The standard InChI is InChI=1S/C15H21N3O/c1-12(15(2,3)19)16-11-13-7-4-5-8-14(13)18-10-6-9-17-18/h4-10,12,16,19H,11H2,1-3H3. The normalized spacial score (nSPS) is 13.5. The summed E-state index contributed by atoms with van der Waals surface area (Å²) in [4.78, 5) is 0. The van der Waals surface area contributed by atoms with Gasteiger partial charge in [-0.1, -0.05) is 18.2 Å². The topological polar surface area (TPSA) is 50.1 Å². The van der Waals surface area contributed by atoms with E-state index < -0.39 is 5.60 Å². The van der Waals surface area contributed by atoms with E-state index in [1.165, 1.54) is 0 Å². The van der Waals surface area contributed by atoms with Crippen molar-refractivity contribution in [3.63, 3.8) is 0 Å². The number of aliphatic hydroxyl groups is 1. The van der Waals surface area contributed by atoms with Crippen LogP contribution in [0.2, 0.25) is 0 Å². The predicted molar refractivity (Wildman–Crippen MR) is 76.2 cm³/mol. The summed E-state index contributed by atoms with van der Waals surface area (Å²) in [5.41, 5.74) is 1.48. The van der Waals surface area contributed by atoms with Gasteiger partial charge in [-0.15, -0.1) is 0 Å². The molecule has 1 aromatic carbocycles. The fourth-order valence-corrected chi connectivity index (χ4v) is 1.81. The molecule has 0 saturated heterocycles. The highest BCUT2D eigenvalue weighted by atomic mass is 16.3. The summed E-state index contributed by atoms with van der Waals surface area (Å²) in [7, 11) is 0. The summed E-state index contributed by atoms with van der Waals surface area (Å²) < 4.78 is 1.85. The van der Waals surface area contributed by atoms with Gasteiger partial charge in [0.25, 0.3) is 0 Å². The Bertz CT molecular complexity index is 514. The Morgan fingerprint density at radius 1 is 1.32 bits per heavy atom. The second-order valence-electron chi connectivity index (χ2n) is 5.34. The number of benzene rings is 1. The second-order valence-corrected chi connectivity index (χ2v) is 5.34. The highest BCUT2D eigenvalue weighted by Gasteiger charge is 2.21. The van der Waals surface area contributed by atoms with Crippen LogP contribution in [0, 0.1) is 0 Å². The van der Waals surface area contributed by atoms with Crippen molar-refractivity contribution in [3.8, 4) is 5.69 Å². The molecular formula is C15H21N3O. The van der Waals surface area contributed by atoms with Gasteiger partial charge in [0.2, 0.25) is 0 Å². The molecule has 0 aliphatic heterocycles. The summed E-state index contributed by atoms with van der Waals surface area (Å²) in [5.74, 6) is 0. The molecule has 19 heavy (non-hydrogen) atoms. The summed E-state index contributed by atoms with van der Waals surface area (Å²) in [6.45, 7) is 6.30. The van der Waals surface area contributed by atoms with Crippen molar-refractivity contribution in [1.29, 1.82) is 0 Å². The molecule has 2 rings (SSSR count). The lowest BCUT2D eigenvalue weighted by Gasteiger charge is -2.27. The van der Waals surface area contributed by atoms with Crippen LogP contribution < -0.4 is 5.32 Å². The lowest BCUT2D eigenvalue weighted by Crippen LogP contribution is -2.44. The minimum absolute atomic E-state index is 0.0122. The zero-order valence-electron chi connectivity index (χ0n) is 11.7. The van der Waals surface area contributed by atoms with Gasteiger partial charge in [-0.2, -0.15) is 5.10 Å². The van der Waals surface area contributed by atoms with Gasteiger partial charge in [0.05, 0.1) is 11.3 Å². The molecule has 1 heterocycles. The van der Waals surface area contributed by atoms with E-state index >= 15 is 0 Å². The highest BCUT2D eigenvalue weighted by Crippen LogP contribution is 2.15. The fraction of sp³-hybridized carbons (Fsp3) is 0.400. The number of rotatable bonds is 5. The van der Waals surface area contributed by atoms with Crippen LogP contribution in [0.15, 0.2) is 42.7 Å². The van der Waals surface area contributed by atoms with Crippen molar-refractivity contribution in [2.24, 2.45) is 0 Å². The zero-order valence-corrected chi connectivity index (χ0v) is 11.7. The number of nitrogens with one attached hydrogen (secondary N) is 1. The zero-order chi connectivity index (χ0) is 13.9. The molecule has 2 aromatic rings. The number of aromatic nitrogens is 2. The van der Waals surface area contributed by atoms with E-state index in [1.807, 2.05) is 55.9 Å². The number of hydrogen-bond donors (Lipinski definition) is 2. The van der Waals surface area contributed by atoms with Crippen LogP contribution in [-0.2, 0) is 6.54 Å². The third-order valence-electron chi connectivity index (χ3n) is 3.40. The lowest BCUT2D eigenvalue weighted by atomic mass is 10.0. The van der Waals surface area contributed by atoms with Gasteiger partial charge in [-0.05, 0) is 38.5 Å². The third-order valence-corrected chi connectivity index (χ3v) is 3.40. The lowest BCUT2D eigenvalue weighted by molar-refractivity contribution is 0.0437. The first-order valence-corrected chi connectivity index (χ1v) is 6.52. The van der Waals surface area contributed by atoms with Crippen LogP contribution in [0.5, 0.6) is 0 Å². The molecule has 1 aromatic heterocycles. The maximum absolute atomic E-state index is 9.94. The Kier molecular flexibility index (Phi) is 4.02. The van der Waals surface area contributed by atoms with Crippen molar-refractivity contribution in [3.05, 3.63) is 48.3 Å². The molecule has 0 radical (unpaired) electrons. The van der Waals surface area contributed by atoms with Crippen molar-refractivity contribution >= 4 is 0 Å². The van der Waals surface area contributed by atoms with Gasteiger partial charge in [0.15, 0.2) is 0 Å². The van der Waals surface area contributed by atoms with Crippen LogP contribution in [0.3, 0.4) is 0 Å². The van der Waals surface area contributed by atoms with Gasteiger partial charge in [-0.3, -0.25) is 0 Å². The Morgan fingerprint density at radius 2 is 2.05 bits per heavy atom. The number of para-hydroxylation sites is 1. The first-order chi connectivity index (χ1) is 8.98. The number of nitrogens with zero attached hydrogens (tertiary/aromatic N) is 2. The van der Waals surface area contributed by atoms with Crippen LogP contribution in [0.25, 0.3) is 5.69 Å². The van der Waals surface area contributed by atoms with Gasteiger partial charge in [0, 0.05) is 25.0 Å². The molecule has 4 nitrogen and oxygen atoms in total. The molecule has 102 valence electrons. The monoisotopic (exact) mass is 259 g/mol. The van der Waals surface area contributed by atoms with Crippen LogP contribution in [-0.4, -0.2) is 26.5 Å². The number of hydrogen-bond acceptors (Lipinski definition) is 3. The van der Waals surface area contributed by atoms with Gasteiger partial charge < -0.3 is 10.4 Å². The first kappa shape index (κ1) is 13.8. The van der Waals surface area contributed by atoms with Crippen LogP contribution >= 0.6 is 0 Å². The Balaban J connectivity index is 2.13. The van der Waals surface area contributed by atoms with Crippen molar-refractivity contribution in [2.45, 2.75) is 39.0 Å². The van der Waals surface area contributed by atoms with Crippen LogP contribution in [0.1, 0.15) is 26.3 Å². The first-order valence-electron chi connectivity index (χ1n) is 6.52. The van der Waals surface area contributed by atoms with Gasteiger partial charge in [0.1, 0.15) is 0 Å². The van der Waals surface area contributed by atoms with E-state index in [1.54, 1.807) is 6.20 Å². The average molecular weight is 259 g/mol. The predicted octanol–water partition coefficient (Wildman–Crippen LogP) is 2.12. The quantitative estimate of drug-likeness (QED) is 0.864. The summed E-state index contributed by atoms with van der Waals surface area (Å²) in [6.07, 6.45) is 3.70. The molecule has 4 heteroatoms. The van der Waals surface area contributed by atoms with Crippen LogP contribution in [0.4, 0.5) is 0 Å². The largest absolute Gasteiger partial charge is 0.389 e. The molecule has 0 spiro atoms.